The number of rotatable bonds is 1. The summed E-state index contributed by atoms with van der Waals surface area (Å²) in [4.78, 5) is 18.2. The van der Waals surface area contributed by atoms with Crippen LogP contribution in [0.3, 0.4) is 0 Å². The molecule has 36 valence electrons. The molecule has 5 heteroatoms. The minimum absolute atomic E-state index is 0. The largest absolute Gasteiger partial charge is 1.00 e. The molecule has 0 aliphatic heterocycles. The van der Waals surface area contributed by atoms with Crippen LogP contribution >= 0.6 is 0 Å². The summed E-state index contributed by atoms with van der Waals surface area (Å²) in [5.74, 6) is 0. The van der Waals surface area contributed by atoms with Crippen molar-refractivity contribution < 1.29 is 72.2 Å². The van der Waals surface area contributed by atoms with Gasteiger partial charge in [0.15, 0.2) is 0 Å². The molecule has 1 N–H and O–H groups in total. The van der Waals surface area contributed by atoms with Crippen LogP contribution in [-0.4, -0.2) is 17.7 Å². The molecular weight excluding hydrogens is 127 g/mol. The van der Waals surface area contributed by atoms with E-state index < -0.39 is 6.16 Å². The van der Waals surface area contributed by atoms with Crippen LogP contribution in [-0.2, 0) is 9.53 Å². The predicted molar refractivity (Wildman–Crippen MR) is 16.3 cm³/mol. The summed E-state index contributed by atoms with van der Waals surface area (Å²) in [7, 11) is 0. The monoisotopic (exact) mass is 130 g/mol. The Bertz CT molecular complexity index is 74.4. The number of hydrogen-bond acceptors (Lipinski definition) is 3. The van der Waals surface area contributed by atoms with E-state index in [0.29, 0.717) is 0 Å². The summed E-state index contributed by atoms with van der Waals surface area (Å²) in [6.07, 6.45) is -1.58. The first-order valence-electron chi connectivity index (χ1n) is 1.10. The third-order valence-electron chi connectivity index (χ3n) is 0.149. The van der Waals surface area contributed by atoms with Crippen LogP contribution in [0.25, 0.3) is 0 Å². The first-order valence-corrected chi connectivity index (χ1v) is 1.10. The summed E-state index contributed by atoms with van der Waals surface area (Å²) in [5.41, 5.74) is 0. The summed E-state index contributed by atoms with van der Waals surface area (Å²) in [6.45, 7) is -0.150. The third kappa shape index (κ3) is 10.8. The van der Waals surface area contributed by atoms with E-state index in [1.807, 2.05) is 0 Å². The Morgan fingerprint density at radius 2 is 2.29 bits per heavy atom. The molecule has 0 amide bonds. The molecule has 7 heavy (non-hydrogen) atoms. The molecule has 0 aromatic heterocycles. The van der Waals surface area contributed by atoms with Gasteiger partial charge in [0.25, 0.3) is 0 Å². The van der Waals surface area contributed by atoms with Crippen molar-refractivity contribution in [3.63, 3.8) is 0 Å². The molecule has 4 nitrogen and oxygen atoms in total. The summed E-state index contributed by atoms with van der Waals surface area (Å²) < 4.78 is 3.28. The van der Waals surface area contributed by atoms with E-state index in [1.54, 1.807) is 0 Å². The van der Waals surface area contributed by atoms with Gasteiger partial charge in [0, 0.05) is 0 Å². The maximum absolute atomic E-state index is 9.15. The van der Waals surface area contributed by atoms with Crippen molar-refractivity contribution in [3.05, 3.63) is 0 Å². The molecule has 0 saturated carbocycles. The quantitative estimate of drug-likeness (QED) is 0.177. The predicted octanol–water partition coefficient (Wildman–Crippen LogP) is -3.05. The maximum atomic E-state index is 9.15. The van der Waals surface area contributed by atoms with Gasteiger partial charge in [-0.1, -0.05) is 0 Å². The molecule has 0 atom stereocenters. The van der Waals surface area contributed by atoms with Crippen LogP contribution in [0.4, 0.5) is 4.79 Å². The Morgan fingerprint density at radius 1 is 1.86 bits per heavy atom. The van der Waals surface area contributed by atoms with Gasteiger partial charge in [-0.25, -0.2) is 4.79 Å². The first-order chi connectivity index (χ1) is 2.77. The minimum atomic E-state index is -1.58. The van der Waals surface area contributed by atoms with E-state index >= 15 is 0 Å². The van der Waals surface area contributed by atoms with Crippen LogP contribution < -0.4 is 51.4 Å². The van der Waals surface area contributed by atoms with Crippen molar-refractivity contribution in [2.24, 2.45) is 0 Å². The molecule has 0 spiro atoms. The van der Waals surface area contributed by atoms with Gasteiger partial charge in [0.05, 0.1) is 0 Å². The van der Waals surface area contributed by atoms with E-state index in [1.165, 1.54) is 0 Å². The summed E-state index contributed by atoms with van der Waals surface area (Å²) in [5, 5.41) is 7.46. The Kier molecular flexibility index (Phi) is 9.90. The van der Waals surface area contributed by atoms with E-state index in [9.17, 15) is 0 Å². The van der Waals surface area contributed by atoms with Crippen LogP contribution in [0, 0.1) is 0 Å². The Labute approximate surface area is 83.7 Å². The second-order valence-corrected chi connectivity index (χ2v) is 0.480. The molecule has 0 bridgehead atoms. The van der Waals surface area contributed by atoms with Crippen molar-refractivity contribution in [2.45, 2.75) is 0 Å². The van der Waals surface area contributed by atoms with Gasteiger partial charge in [-0.2, -0.15) is 0 Å². The summed E-state index contributed by atoms with van der Waals surface area (Å²) in [6, 6.07) is 0. The third-order valence-corrected chi connectivity index (χ3v) is 0.149. The summed E-state index contributed by atoms with van der Waals surface area (Å²) >= 11 is 0. The SMILES string of the molecule is O=COC(=O)O.[H-].[K+]. The molecule has 0 aliphatic carbocycles. The van der Waals surface area contributed by atoms with Gasteiger partial charge in [-0.15, -0.1) is 0 Å². The zero-order valence-electron chi connectivity index (χ0n) is 4.75. The van der Waals surface area contributed by atoms with Crippen LogP contribution in [0.2, 0.25) is 0 Å². The van der Waals surface area contributed by atoms with Crippen molar-refractivity contribution in [2.75, 3.05) is 0 Å². The zero-order valence-corrected chi connectivity index (χ0v) is 6.87. The van der Waals surface area contributed by atoms with Crippen LogP contribution in [0.15, 0.2) is 0 Å². The van der Waals surface area contributed by atoms with Gasteiger partial charge in [0.2, 0.25) is 0 Å². The van der Waals surface area contributed by atoms with Crippen molar-refractivity contribution in [1.29, 1.82) is 0 Å². The molecule has 0 aromatic rings. The zero-order chi connectivity index (χ0) is 4.99. The average Bonchev–Trinajstić information content (AvgIpc) is 1.35. The normalized spacial score (nSPS) is 5.71. The van der Waals surface area contributed by atoms with Gasteiger partial charge < -0.3 is 11.3 Å². The topological polar surface area (TPSA) is 63.6 Å². The van der Waals surface area contributed by atoms with Gasteiger partial charge in [-0.05, 0) is 0 Å². The fourth-order valence-corrected chi connectivity index (χ4v) is 0.0412. The number of carbonyl (C=O) groups is 2. The van der Waals surface area contributed by atoms with E-state index in [-0.39, 0.29) is 59.3 Å². The fraction of sp³-hybridized carbons (Fsp3) is 0. The van der Waals surface area contributed by atoms with Crippen LogP contribution in [0.1, 0.15) is 1.43 Å². The first kappa shape index (κ1) is 10.5. The average molecular weight is 130 g/mol. The van der Waals surface area contributed by atoms with Gasteiger partial charge in [0.1, 0.15) is 0 Å². The Hall–Kier alpha value is 0.576. The molecule has 0 unspecified atom stereocenters. The second-order valence-electron chi connectivity index (χ2n) is 0.480. The second kappa shape index (κ2) is 6.58. The van der Waals surface area contributed by atoms with E-state index in [0.717, 1.165) is 0 Å². The van der Waals surface area contributed by atoms with Crippen LogP contribution in [0.5, 0.6) is 0 Å². The van der Waals surface area contributed by atoms with Crippen molar-refractivity contribution in [3.8, 4) is 0 Å². The van der Waals surface area contributed by atoms with Gasteiger partial charge in [-0.3, -0.25) is 4.79 Å². The maximum Gasteiger partial charge on any atom is 1.00 e. The van der Waals surface area contributed by atoms with Gasteiger partial charge >= 0.3 is 64.0 Å². The molecule has 0 saturated heterocycles. The molecule has 0 rings (SSSR count). The number of ether oxygens (including phenoxy) is 1. The van der Waals surface area contributed by atoms with Crippen molar-refractivity contribution in [1.82, 2.24) is 0 Å². The Balaban J connectivity index is -0.000000125. The molecule has 0 aliphatic rings. The molecular formula is C2H3KO4. The number of carbonyl (C=O) groups excluding carboxylic acids is 1. The smallest absolute Gasteiger partial charge is 1.00 e. The van der Waals surface area contributed by atoms with Crippen molar-refractivity contribution >= 4 is 12.6 Å². The number of carboxylic acid groups (broad SMARTS) is 1. The standard InChI is InChI=1S/C2H2O4.K.H/c3-1-6-2(4)5;;/h1H,(H,4,5);;/q;+1;-1. The minimum Gasteiger partial charge on any atom is -1.00 e. The molecule has 0 heterocycles. The van der Waals surface area contributed by atoms with E-state index in [4.69, 9.17) is 14.7 Å². The number of hydrogen-bond donors (Lipinski definition) is 1. The fourth-order valence-electron chi connectivity index (χ4n) is 0.0412. The molecule has 0 radical (unpaired) electrons. The molecule has 0 aromatic carbocycles. The molecule has 0 fully saturated rings. The Morgan fingerprint density at radius 3 is 2.29 bits per heavy atom. The van der Waals surface area contributed by atoms with E-state index in [2.05, 4.69) is 4.74 Å².